The Labute approximate surface area is 102 Å². The molecule has 0 aromatic heterocycles. The van der Waals surface area contributed by atoms with E-state index in [0.717, 1.165) is 0 Å². The van der Waals surface area contributed by atoms with Gasteiger partial charge in [-0.3, -0.25) is 0 Å². The third-order valence-electron chi connectivity index (χ3n) is 2.73. The van der Waals surface area contributed by atoms with Crippen molar-refractivity contribution in [2.75, 3.05) is 0 Å². The van der Waals surface area contributed by atoms with E-state index in [1.165, 1.54) is 27.8 Å². The van der Waals surface area contributed by atoms with Crippen LogP contribution in [-0.4, -0.2) is 0 Å². The lowest BCUT2D eigenvalue weighted by Crippen LogP contribution is -2.07. The molecular formula is C12H12Br2. The molecule has 0 unspecified atom stereocenters. The number of allylic oxidation sites excluding steroid dienone is 1. The van der Waals surface area contributed by atoms with E-state index in [2.05, 4.69) is 70.8 Å². The molecule has 1 aromatic rings. The average Bonchev–Trinajstić information content (AvgIpc) is 2.28. The minimum Gasteiger partial charge on any atom is -0.0624 e. The predicted octanol–water partition coefficient (Wildman–Crippen LogP) is 4.66. The smallest absolute Gasteiger partial charge is 0.0624 e. The predicted molar refractivity (Wildman–Crippen MR) is 69.1 cm³/mol. The molecule has 0 N–H and O–H groups in total. The lowest BCUT2D eigenvalue weighted by molar-refractivity contribution is 1.11. The van der Waals surface area contributed by atoms with Crippen molar-refractivity contribution in [3.05, 3.63) is 40.0 Å². The second-order valence-electron chi connectivity index (χ2n) is 3.94. The highest BCUT2D eigenvalue weighted by Crippen LogP contribution is 2.52. The van der Waals surface area contributed by atoms with Gasteiger partial charge in [0.25, 0.3) is 0 Å². The van der Waals surface area contributed by atoms with Gasteiger partial charge in [0, 0.05) is 0 Å². The summed E-state index contributed by atoms with van der Waals surface area (Å²) < 4.78 is -0.147. The Bertz CT molecular complexity index is 428. The van der Waals surface area contributed by atoms with Crippen molar-refractivity contribution in [3.63, 3.8) is 0 Å². The summed E-state index contributed by atoms with van der Waals surface area (Å²) in [6.45, 7) is 6.44. The number of aryl methyl sites for hydroxylation is 2. The van der Waals surface area contributed by atoms with Gasteiger partial charge in [-0.2, -0.15) is 0 Å². The highest BCUT2D eigenvalue weighted by molar-refractivity contribution is 9.25. The zero-order chi connectivity index (χ0) is 10.5. The lowest BCUT2D eigenvalue weighted by Gasteiger charge is -2.18. The topological polar surface area (TPSA) is 0 Å². The van der Waals surface area contributed by atoms with Crippen molar-refractivity contribution in [2.24, 2.45) is 0 Å². The van der Waals surface area contributed by atoms with Crippen molar-refractivity contribution >= 4 is 37.9 Å². The minimum absolute atomic E-state index is 0.147. The van der Waals surface area contributed by atoms with E-state index >= 15 is 0 Å². The molecule has 0 atom stereocenters. The molecular weight excluding hydrogens is 304 g/mol. The average molecular weight is 316 g/mol. The number of alkyl halides is 2. The van der Waals surface area contributed by atoms with Gasteiger partial charge in [0.05, 0.1) is 0 Å². The number of hydrogen-bond acceptors (Lipinski definition) is 0. The maximum Gasteiger partial charge on any atom is 0.127 e. The van der Waals surface area contributed by atoms with Gasteiger partial charge in [0.15, 0.2) is 0 Å². The standard InChI is InChI=1S/C12H12Br2/c1-7-4-8(2)10-6-9(3)12(13,14)11(10)5-7/h4-6H,1-3H3. The first-order chi connectivity index (χ1) is 6.43. The van der Waals surface area contributed by atoms with Gasteiger partial charge in [-0.1, -0.05) is 55.6 Å². The summed E-state index contributed by atoms with van der Waals surface area (Å²) in [6.07, 6.45) is 2.24. The van der Waals surface area contributed by atoms with Crippen LogP contribution in [0.15, 0.2) is 17.7 Å². The molecule has 0 radical (unpaired) electrons. The molecule has 0 saturated heterocycles. The van der Waals surface area contributed by atoms with Gasteiger partial charge in [-0.05, 0) is 43.0 Å². The van der Waals surface area contributed by atoms with E-state index in [0.29, 0.717) is 0 Å². The van der Waals surface area contributed by atoms with E-state index < -0.39 is 0 Å². The summed E-state index contributed by atoms with van der Waals surface area (Å²) in [7, 11) is 0. The van der Waals surface area contributed by atoms with Crippen LogP contribution in [-0.2, 0) is 3.23 Å². The highest BCUT2D eigenvalue weighted by Gasteiger charge is 2.34. The summed E-state index contributed by atoms with van der Waals surface area (Å²) in [5.41, 5.74) is 6.64. The molecule has 0 aliphatic heterocycles. The molecule has 0 saturated carbocycles. The summed E-state index contributed by atoms with van der Waals surface area (Å²) in [6, 6.07) is 4.46. The Balaban J connectivity index is 2.73. The van der Waals surface area contributed by atoms with Gasteiger partial charge >= 0.3 is 0 Å². The van der Waals surface area contributed by atoms with Crippen molar-refractivity contribution in [3.8, 4) is 0 Å². The first-order valence-corrected chi connectivity index (χ1v) is 6.20. The number of benzene rings is 1. The Hall–Kier alpha value is -0.0800. The number of halogens is 2. The molecule has 14 heavy (non-hydrogen) atoms. The number of rotatable bonds is 0. The first kappa shape index (κ1) is 10.4. The fourth-order valence-electron chi connectivity index (χ4n) is 1.95. The molecule has 1 aliphatic carbocycles. The van der Waals surface area contributed by atoms with Crippen molar-refractivity contribution in [1.29, 1.82) is 0 Å². The van der Waals surface area contributed by atoms with E-state index in [4.69, 9.17) is 0 Å². The molecule has 0 bridgehead atoms. The van der Waals surface area contributed by atoms with Crippen LogP contribution in [0.1, 0.15) is 29.2 Å². The Kier molecular flexibility index (Phi) is 2.39. The summed E-state index contributed by atoms with van der Waals surface area (Å²) >= 11 is 7.45. The fraction of sp³-hybridized carbons (Fsp3) is 0.333. The van der Waals surface area contributed by atoms with Crippen molar-refractivity contribution in [2.45, 2.75) is 24.0 Å². The quantitative estimate of drug-likeness (QED) is 0.611. The summed E-state index contributed by atoms with van der Waals surface area (Å²) in [5.74, 6) is 0. The number of fused-ring (bicyclic) bond motifs is 1. The van der Waals surface area contributed by atoms with Gasteiger partial charge in [0.2, 0.25) is 0 Å². The molecule has 74 valence electrons. The normalized spacial score (nSPS) is 17.9. The second kappa shape index (κ2) is 3.21. The molecule has 0 fully saturated rings. The zero-order valence-electron chi connectivity index (χ0n) is 8.49. The molecule has 0 nitrogen and oxygen atoms in total. The van der Waals surface area contributed by atoms with Crippen LogP contribution in [0.3, 0.4) is 0 Å². The minimum atomic E-state index is -0.147. The largest absolute Gasteiger partial charge is 0.127 e. The molecule has 0 heterocycles. The fourth-order valence-corrected chi connectivity index (χ4v) is 2.83. The van der Waals surface area contributed by atoms with Crippen LogP contribution in [0.2, 0.25) is 0 Å². The van der Waals surface area contributed by atoms with E-state index in [1.54, 1.807) is 0 Å². The van der Waals surface area contributed by atoms with Crippen LogP contribution in [0.4, 0.5) is 0 Å². The van der Waals surface area contributed by atoms with Gasteiger partial charge in [-0.15, -0.1) is 0 Å². The Morgan fingerprint density at radius 2 is 1.71 bits per heavy atom. The number of hydrogen-bond donors (Lipinski definition) is 0. The van der Waals surface area contributed by atoms with Crippen LogP contribution in [0, 0.1) is 13.8 Å². The summed E-state index contributed by atoms with van der Waals surface area (Å²) in [4.78, 5) is 0. The first-order valence-electron chi connectivity index (χ1n) is 4.61. The van der Waals surface area contributed by atoms with Crippen molar-refractivity contribution < 1.29 is 0 Å². The van der Waals surface area contributed by atoms with Gasteiger partial charge in [-0.25, -0.2) is 0 Å². The SMILES string of the molecule is CC1=Cc2c(C)cc(C)cc2C1(Br)Br. The van der Waals surface area contributed by atoms with Crippen LogP contribution in [0.5, 0.6) is 0 Å². The maximum atomic E-state index is 3.72. The summed E-state index contributed by atoms with van der Waals surface area (Å²) in [5, 5.41) is 0. The van der Waals surface area contributed by atoms with Crippen LogP contribution < -0.4 is 0 Å². The molecule has 0 spiro atoms. The van der Waals surface area contributed by atoms with E-state index in [1.807, 2.05) is 0 Å². The molecule has 0 amide bonds. The Morgan fingerprint density at radius 1 is 1.07 bits per heavy atom. The Morgan fingerprint density at radius 3 is 2.36 bits per heavy atom. The zero-order valence-corrected chi connectivity index (χ0v) is 11.7. The maximum absolute atomic E-state index is 3.72. The third-order valence-corrected chi connectivity index (χ3v) is 4.83. The lowest BCUT2D eigenvalue weighted by atomic mass is 10.0. The van der Waals surface area contributed by atoms with Crippen molar-refractivity contribution in [1.82, 2.24) is 0 Å². The monoisotopic (exact) mass is 314 g/mol. The van der Waals surface area contributed by atoms with E-state index in [9.17, 15) is 0 Å². The van der Waals surface area contributed by atoms with E-state index in [-0.39, 0.29) is 3.23 Å². The molecule has 1 aromatic carbocycles. The molecule has 2 heteroatoms. The van der Waals surface area contributed by atoms with Crippen LogP contribution in [0.25, 0.3) is 6.08 Å². The second-order valence-corrected chi connectivity index (χ2v) is 7.39. The van der Waals surface area contributed by atoms with Gasteiger partial charge in [0.1, 0.15) is 3.23 Å². The van der Waals surface area contributed by atoms with Gasteiger partial charge < -0.3 is 0 Å². The van der Waals surface area contributed by atoms with Crippen LogP contribution >= 0.6 is 31.9 Å². The molecule has 1 aliphatic rings. The molecule has 2 rings (SSSR count). The third kappa shape index (κ3) is 1.40. The highest BCUT2D eigenvalue weighted by atomic mass is 79.9.